The van der Waals surface area contributed by atoms with Crippen molar-refractivity contribution in [2.75, 3.05) is 57.7 Å². The highest BCUT2D eigenvalue weighted by Gasteiger charge is 2.29. The maximum absolute atomic E-state index is 12.8. The first-order valence-corrected chi connectivity index (χ1v) is 16.7. The molecule has 1 atom stereocenters. The maximum atomic E-state index is 12.8. The number of para-hydroxylation sites is 1. The molecular weight excluding hydrogens is 582 g/mol. The second-order valence-corrected chi connectivity index (χ2v) is 12.1. The molecule has 0 saturated carbocycles. The Morgan fingerprint density at radius 1 is 0.891 bits per heavy atom. The number of piperidine rings is 2. The molecule has 3 heterocycles. The van der Waals surface area contributed by atoms with Crippen LogP contribution in [-0.4, -0.2) is 91.1 Å². The highest BCUT2D eigenvalue weighted by Crippen LogP contribution is 2.28. The van der Waals surface area contributed by atoms with Crippen LogP contribution < -0.4 is 10.6 Å². The van der Waals surface area contributed by atoms with E-state index in [4.69, 9.17) is 9.15 Å². The van der Waals surface area contributed by atoms with Gasteiger partial charge in [-0.15, -0.1) is 0 Å². The monoisotopic (exact) mass is 629 g/mol. The van der Waals surface area contributed by atoms with Gasteiger partial charge in [-0.1, -0.05) is 48.5 Å². The Hall–Kier alpha value is -4.15. The van der Waals surface area contributed by atoms with Crippen LogP contribution in [0.3, 0.4) is 0 Å². The molecule has 46 heavy (non-hydrogen) atoms. The number of ether oxygens (including phenoxy) is 1. The molecule has 3 aromatic rings. The Balaban J connectivity index is 0.997. The third kappa shape index (κ3) is 8.98. The van der Waals surface area contributed by atoms with E-state index in [-0.39, 0.29) is 23.8 Å². The molecule has 2 aromatic carbocycles. The van der Waals surface area contributed by atoms with E-state index >= 15 is 0 Å². The molecule has 0 unspecified atom stereocenters. The summed E-state index contributed by atoms with van der Waals surface area (Å²) in [6, 6.07) is 21.2. The molecule has 0 spiro atoms. The fraction of sp³-hybridized carbons (Fsp3) is 0.472. The quantitative estimate of drug-likeness (QED) is 0.274. The minimum Gasteiger partial charge on any atom is -0.455 e. The first-order chi connectivity index (χ1) is 22.4. The predicted molar refractivity (Wildman–Crippen MR) is 178 cm³/mol. The van der Waals surface area contributed by atoms with Crippen LogP contribution in [0.1, 0.15) is 55.8 Å². The van der Waals surface area contributed by atoms with Gasteiger partial charge >= 0.3 is 6.09 Å². The third-order valence-electron chi connectivity index (χ3n) is 8.97. The van der Waals surface area contributed by atoms with Crippen molar-refractivity contribution in [3.63, 3.8) is 0 Å². The van der Waals surface area contributed by atoms with E-state index in [0.29, 0.717) is 31.9 Å². The van der Waals surface area contributed by atoms with Gasteiger partial charge in [0.1, 0.15) is 11.9 Å². The number of nitrogens with one attached hydrogen (secondary N) is 2. The summed E-state index contributed by atoms with van der Waals surface area (Å²) in [7, 11) is 0. The van der Waals surface area contributed by atoms with Gasteiger partial charge in [-0.2, -0.15) is 0 Å². The molecule has 2 saturated heterocycles. The smallest absolute Gasteiger partial charge is 0.411 e. The minimum atomic E-state index is -0.444. The van der Waals surface area contributed by atoms with Crippen molar-refractivity contribution in [2.24, 2.45) is 5.92 Å². The first kappa shape index (κ1) is 33.2. The average molecular weight is 630 g/mol. The topological polar surface area (TPSA) is 107 Å². The zero-order valence-electron chi connectivity index (χ0n) is 27.1. The number of amides is 3. The summed E-state index contributed by atoms with van der Waals surface area (Å²) in [6.07, 6.45) is 2.78. The summed E-state index contributed by atoms with van der Waals surface area (Å²) < 4.78 is 11.6. The van der Waals surface area contributed by atoms with E-state index < -0.39 is 6.09 Å². The number of carbonyl (C=O) groups excluding carboxylic acids is 3. The van der Waals surface area contributed by atoms with Crippen LogP contribution in [0.4, 0.5) is 10.5 Å². The number of rotatable bonds is 12. The van der Waals surface area contributed by atoms with Gasteiger partial charge in [0.2, 0.25) is 5.91 Å². The maximum Gasteiger partial charge on any atom is 0.411 e. The molecule has 2 N–H and O–H groups in total. The van der Waals surface area contributed by atoms with E-state index in [9.17, 15) is 14.4 Å². The Labute approximate surface area is 272 Å². The zero-order valence-corrected chi connectivity index (χ0v) is 27.1. The molecular formula is C36H47N5O5. The summed E-state index contributed by atoms with van der Waals surface area (Å²) in [5.74, 6) is 1.05. The summed E-state index contributed by atoms with van der Waals surface area (Å²) in [6.45, 7) is 10.5. The number of nitrogens with zero attached hydrogens (tertiary/aromatic N) is 3. The van der Waals surface area contributed by atoms with Gasteiger partial charge in [0.25, 0.3) is 5.91 Å². The standard InChI is InChI=1S/C36H47N5O5/c1-3-41(4-2)35(43)28-13-10-21-40(25-28)26-30-16-17-33(45-30)34(42)37-20-24-39-22-18-29(19-23-39)46-36(44)38-32-15-9-8-14-31(32)27-11-6-5-7-12-27/h5-9,11-12,14-17,28-29H,3-4,10,13,18-26H2,1-2H3,(H,37,42)(H,38,44)/t28-/m1/s1. The molecule has 10 heteroatoms. The minimum absolute atomic E-state index is 0.0163. The van der Waals surface area contributed by atoms with Crippen LogP contribution in [0.5, 0.6) is 0 Å². The number of benzene rings is 2. The molecule has 246 valence electrons. The van der Waals surface area contributed by atoms with Crippen LogP contribution in [0.25, 0.3) is 11.1 Å². The Kier molecular flexibility index (Phi) is 11.9. The predicted octanol–water partition coefficient (Wildman–Crippen LogP) is 5.47. The van der Waals surface area contributed by atoms with Crippen molar-refractivity contribution in [2.45, 2.75) is 52.2 Å². The highest BCUT2D eigenvalue weighted by molar-refractivity contribution is 5.92. The lowest BCUT2D eigenvalue weighted by Crippen LogP contribution is -2.44. The Bertz CT molecular complexity index is 1430. The lowest BCUT2D eigenvalue weighted by Gasteiger charge is -2.34. The fourth-order valence-corrected chi connectivity index (χ4v) is 6.42. The Morgan fingerprint density at radius 3 is 2.39 bits per heavy atom. The van der Waals surface area contributed by atoms with E-state index in [1.165, 1.54) is 0 Å². The lowest BCUT2D eigenvalue weighted by atomic mass is 9.96. The number of carbonyl (C=O) groups is 3. The summed E-state index contributed by atoms with van der Waals surface area (Å²) in [4.78, 5) is 44.7. The lowest BCUT2D eigenvalue weighted by molar-refractivity contribution is -0.137. The zero-order chi connectivity index (χ0) is 32.3. The van der Waals surface area contributed by atoms with Crippen LogP contribution in [0.15, 0.2) is 71.1 Å². The Morgan fingerprint density at radius 2 is 1.63 bits per heavy atom. The molecule has 2 aliphatic heterocycles. The molecule has 5 rings (SSSR count). The molecule has 2 fully saturated rings. The van der Waals surface area contributed by atoms with E-state index in [1.807, 2.05) is 79.4 Å². The molecule has 1 aromatic heterocycles. The SMILES string of the molecule is CCN(CC)C(=O)[C@@H]1CCCN(Cc2ccc(C(=O)NCCN3CCC(OC(=O)Nc4ccccc4-c4ccccc4)CC3)o2)C1. The number of furan rings is 1. The molecule has 3 amide bonds. The number of hydrogen-bond acceptors (Lipinski definition) is 7. The molecule has 0 radical (unpaired) electrons. The summed E-state index contributed by atoms with van der Waals surface area (Å²) >= 11 is 0. The van der Waals surface area contributed by atoms with Gasteiger partial charge in [-0.05, 0) is 69.8 Å². The van der Waals surface area contributed by atoms with Gasteiger partial charge in [-0.3, -0.25) is 19.8 Å². The molecule has 10 nitrogen and oxygen atoms in total. The van der Waals surface area contributed by atoms with Crippen LogP contribution in [-0.2, 0) is 16.1 Å². The van der Waals surface area contributed by atoms with Crippen molar-refractivity contribution in [1.29, 1.82) is 0 Å². The molecule has 0 bridgehead atoms. The van der Waals surface area contributed by atoms with Crippen molar-refractivity contribution >= 4 is 23.6 Å². The van der Waals surface area contributed by atoms with Crippen LogP contribution >= 0.6 is 0 Å². The van der Waals surface area contributed by atoms with Crippen molar-refractivity contribution in [3.05, 3.63) is 78.3 Å². The van der Waals surface area contributed by atoms with Crippen molar-refractivity contribution in [1.82, 2.24) is 20.0 Å². The van der Waals surface area contributed by atoms with Gasteiger partial charge in [0, 0.05) is 51.4 Å². The van der Waals surface area contributed by atoms with Crippen molar-refractivity contribution in [3.8, 4) is 11.1 Å². The number of hydrogen-bond donors (Lipinski definition) is 2. The van der Waals surface area contributed by atoms with Gasteiger partial charge in [0.15, 0.2) is 5.76 Å². The largest absolute Gasteiger partial charge is 0.455 e. The van der Waals surface area contributed by atoms with Gasteiger partial charge in [0.05, 0.1) is 18.2 Å². The third-order valence-corrected chi connectivity index (χ3v) is 8.97. The number of likely N-dealkylation sites (tertiary alicyclic amines) is 2. The van der Waals surface area contributed by atoms with Gasteiger partial charge in [-0.25, -0.2) is 4.79 Å². The average Bonchev–Trinajstić information content (AvgIpc) is 3.55. The van der Waals surface area contributed by atoms with E-state index in [0.717, 1.165) is 81.0 Å². The molecule has 0 aliphatic carbocycles. The highest BCUT2D eigenvalue weighted by atomic mass is 16.6. The van der Waals surface area contributed by atoms with Gasteiger partial charge < -0.3 is 24.3 Å². The van der Waals surface area contributed by atoms with Crippen LogP contribution in [0, 0.1) is 5.92 Å². The van der Waals surface area contributed by atoms with Crippen LogP contribution in [0.2, 0.25) is 0 Å². The van der Waals surface area contributed by atoms with Crippen molar-refractivity contribution < 1.29 is 23.5 Å². The normalized spacial score (nSPS) is 17.7. The fourth-order valence-electron chi connectivity index (χ4n) is 6.42. The van der Waals surface area contributed by atoms with E-state index in [2.05, 4.69) is 20.4 Å². The first-order valence-electron chi connectivity index (χ1n) is 16.7. The summed E-state index contributed by atoms with van der Waals surface area (Å²) in [5.41, 5.74) is 2.70. The number of anilines is 1. The molecule has 2 aliphatic rings. The van der Waals surface area contributed by atoms with E-state index in [1.54, 1.807) is 6.07 Å². The summed E-state index contributed by atoms with van der Waals surface area (Å²) in [5, 5.41) is 5.89. The second kappa shape index (κ2) is 16.4. The second-order valence-electron chi connectivity index (χ2n) is 12.1.